The monoisotopic (exact) mass is 485 g/mol. The molecule has 0 radical (unpaired) electrons. The first kappa shape index (κ1) is 22.3. The number of fused-ring (bicyclic) bond motifs is 1. The zero-order valence-electron chi connectivity index (χ0n) is 15.4. The van der Waals surface area contributed by atoms with Crippen LogP contribution in [0.15, 0.2) is 36.5 Å². The van der Waals surface area contributed by atoms with Crippen LogP contribution >= 0.6 is 46.1 Å². The Balaban J connectivity index is 1.53. The van der Waals surface area contributed by atoms with Gasteiger partial charge in [-0.25, -0.2) is 4.98 Å². The van der Waals surface area contributed by atoms with Crippen LogP contribution in [0.5, 0.6) is 0 Å². The first-order chi connectivity index (χ1) is 14.3. The highest BCUT2D eigenvalue weighted by atomic mass is 35.5. The van der Waals surface area contributed by atoms with Gasteiger partial charge in [-0.1, -0.05) is 53.0 Å². The molecule has 1 unspecified atom stereocenters. The summed E-state index contributed by atoms with van der Waals surface area (Å²) < 4.78 is 5.89. The quantitative estimate of drug-likeness (QED) is 0.498. The maximum Gasteiger partial charge on any atom is 0.326 e. The Morgan fingerprint density at radius 1 is 1.20 bits per heavy atom. The van der Waals surface area contributed by atoms with Gasteiger partial charge < -0.3 is 15.4 Å². The summed E-state index contributed by atoms with van der Waals surface area (Å²) in [5.74, 6) is -1.86. The molecule has 2 heterocycles. The van der Waals surface area contributed by atoms with Gasteiger partial charge in [-0.3, -0.25) is 14.4 Å². The van der Waals surface area contributed by atoms with Gasteiger partial charge in [-0.2, -0.15) is 0 Å². The number of esters is 1. The number of aromatic nitrogens is 1. The molecule has 2 aromatic heterocycles. The number of amides is 2. The number of benzene rings is 1. The predicted octanol–water partition coefficient (Wildman–Crippen LogP) is 4.56. The second kappa shape index (κ2) is 9.61. The highest BCUT2D eigenvalue weighted by Crippen LogP contribution is 2.34. The van der Waals surface area contributed by atoms with Crippen LogP contribution in [-0.4, -0.2) is 35.4 Å². The second-order valence-electron chi connectivity index (χ2n) is 6.03. The molecular weight excluding hydrogens is 473 g/mol. The molecule has 0 aliphatic rings. The molecule has 1 aromatic carbocycles. The first-order valence-electron chi connectivity index (χ1n) is 8.53. The van der Waals surface area contributed by atoms with E-state index in [2.05, 4.69) is 15.6 Å². The van der Waals surface area contributed by atoms with Crippen LogP contribution in [0.3, 0.4) is 0 Å². The molecule has 1 atom stereocenters. The van der Waals surface area contributed by atoms with Gasteiger partial charge in [-0.05, 0) is 19.1 Å². The lowest BCUT2D eigenvalue weighted by molar-refractivity contribution is -0.152. The number of hydrogen-bond acceptors (Lipinski definition) is 6. The summed E-state index contributed by atoms with van der Waals surface area (Å²) in [5, 5.41) is 6.41. The van der Waals surface area contributed by atoms with Crippen molar-refractivity contribution in [3.8, 4) is 0 Å². The molecular formula is C19H14Cl3N3O4S. The fourth-order valence-electron chi connectivity index (χ4n) is 2.41. The highest BCUT2D eigenvalue weighted by Gasteiger charge is 2.21. The molecule has 3 rings (SSSR count). The van der Waals surface area contributed by atoms with E-state index in [-0.39, 0.29) is 10.8 Å². The molecule has 0 aliphatic carbocycles. The number of ether oxygens (including phenoxy) is 1. The SMILES string of the molecule is CC(OC(=O)CNC(=O)c1sc2ccccc2c1Cl)C(=O)Nc1ncc(Cl)cc1Cl. The number of thiophene rings is 1. The van der Waals surface area contributed by atoms with Crippen molar-refractivity contribution in [3.05, 3.63) is 56.5 Å². The number of carbonyl (C=O) groups is 3. The topological polar surface area (TPSA) is 97.4 Å². The fraction of sp³-hybridized carbons (Fsp3) is 0.158. The van der Waals surface area contributed by atoms with Crippen LogP contribution in [-0.2, 0) is 14.3 Å². The van der Waals surface area contributed by atoms with Crippen LogP contribution < -0.4 is 10.6 Å². The van der Waals surface area contributed by atoms with E-state index in [4.69, 9.17) is 39.5 Å². The average molecular weight is 487 g/mol. The van der Waals surface area contributed by atoms with Crippen molar-refractivity contribution in [2.75, 3.05) is 11.9 Å². The minimum Gasteiger partial charge on any atom is -0.451 e. The van der Waals surface area contributed by atoms with Crippen LogP contribution in [0.2, 0.25) is 15.1 Å². The minimum absolute atomic E-state index is 0.0849. The molecule has 30 heavy (non-hydrogen) atoms. The summed E-state index contributed by atoms with van der Waals surface area (Å²) in [6.07, 6.45) is 0.171. The van der Waals surface area contributed by atoms with E-state index in [0.717, 1.165) is 10.1 Å². The van der Waals surface area contributed by atoms with E-state index in [1.54, 1.807) is 6.07 Å². The number of carbonyl (C=O) groups excluding carboxylic acids is 3. The standard InChI is InChI=1S/C19H14Cl3N3O4S/c1-9(18(27)25-17-12(21)6-10(20)7-23-17)29-14(26)8-24-19(28)16-15(22)11-4-2-3-5-13(11)30-16/h2-7,9H,8H2,1H3,(H,24,28)(H,23,25,27). The lowest BCUT2D eigenvalue weighted by Crippen LogP contribution is -2.35. The van der Waals surface area contributed by atoms with Crippen molar-refractivity contribution in [2.45, 2.75) is 13.0 Å². The molecule has 11 heteroatoms. The minimum atomic E-state index is -1.14. The average Bonchev–Trinajstić information content (AvgIpc) is 3.05. The van der Waals surface area contributed by atoms with Gasteiger partial charge >= 0.3 is 5.97 Å². The van der Waals surface area contributed by atoms with Crippen molar-refractivity contribution in [1.29, 1.82) is 0 Å². The third-order valence-corrected chi connectivity index (χ3v) is 6.03. The number of nitrogens with zero attached hydrogens (tertiary/aromatic N) is 1. The molecule has 2 N–H and O–H groups in total. The van der Waals surface area contributed by atoms with Crippen molar-refractivity contribution >= 4 is 79.8 Å². The summed E-state index contributed by atoms with van der Waals surface area (Å²) in [6, 6.07) is 8.73. The molecule has 0 aliphatic heterocycles. The Morgan fingerprint density at radius 2 is 1.93 bits per heavy atom. The number of nitrogens with one attached hydrogen (secondary N) is 2. The first-order valence-corrected chi connectivity index (χ1v) is 10.5. The zero-order valence-corrected chi connectivity index (χ0v) is 18.5. The molecule has 3 aromatic rings. The highest BCUT2D eigenvalue weighted by molar-refractivity contribution is 7.21. The van der Waals surface area contributed by atoms with E-state index >= 15 is 0 Å². The predicted molar refractivity (Wildman–Crippen MR) is 118 cm³/mol. The van der Waals surface area contributed by atoms with E-state index < -0.39 is 30.4 Å². The second-order valence-corrected chi connectivity index (χ2v) is 8.30. The van der Waals surface area contributed by atoms with E-state index in [9.17, 15) is 14.4 Å². The molecule has 0 saturated carbocycles. The van der Waals surface area contributed by atoms with Crippen molar-refractivity contribution in [2.24, 2.45) is 0 Å². The van der Waals surface area contributed by atoms with E-state index in [0.29, 0.717) is 14.9 Å². The summed E-state index contributed by atoms with van der Waals surface area (Å²) in [7, 11) is 0. The largest absolute Gasteiger partial charge is 0.451 e. The van der Waals surface area contributed by atoms with Gasteiger partial charge in [0.15, 0.2) is 11.9 Å². The molecule has 7 nitrogen and oxygen atoms in total. The Labute approximate surface area is 190 Å². The lowest BCUT2D eigenvalue weighted by Gasteiger charge is -2.14. The van der Waals surface area contributed by atoms with E-state index in [1.165, 1.54) is 30.5 Å². The van der Waals surface area contributed by atoms with Crippen molar-refractivity contribution in [3.63, 3.8) is 0 Å². The summed E-state index contributed by atoms with van der Waals surface area (Å²) >= 11 is 19.2. The molecule has 0 saturated heterocycles. The molecule has 156 valence electrons. The summed E-state index contributed by atoms with van der Waals surface area (Å²) in [6.45, 7) is 0.947. The lowest BCUT2D eigenvalue weighted by atomic mass is 10.2. The number of hydrogen-bond donors (Lipinski definition) is 2. The van der Waals surface area contributed by atoms with Gasteiger partial charge in [0.25, 0.3) is 11.8 Å². The maximum absolute atomic E-state index is 12.4. The normalized spacial score (nSPS) is 11.7. The fourth-order valence-corrected chi connectivity index (χ4v) is 4.27. The summed E-state index contributed by atoms with van der Waals surface area (Å²) in [4.78, 5) is 40.7. The Bertz CT molecular complexity index is 1140. The molecule has 0 spiro atoms. The van der Waals surface area contributed by atoms with Gasteiger partial charge in [-0.15, -0.1) is 11.3 Å². The third-order valence-electron chi connectivity index (χ3n) is 3.86. The van der Waals surface area contributed by atoms with Crippen molar-refractivity contribution < 1.29 is 19.1 Å². The van der Waals surface area contributed by atoms with Crippen LogP contribution in [0.4, 0.5) is 5.82 Å². The van der Waals surface area contributed by atoms with Gasteiger partial charge in [0, 0.05) is 16.3 Å². The molecule has 0 fully saturated rings. The van der Waals surface area contributed by atoms with Crippen LogP contribution in [0, 0.1) is 0 Å². The number of pyridine rings is 1. The Kier molecular flexibility index (Phi) is 7.14. The molecule has 2 amide bonds. The van der Waals surface area contributed by atoms with Crippen LogP contribution in [0.1, 0.15) is 16.6 Å². The zero-order chi connectivity index (χ0) is 21.8. The van der Waals surface area contributed by atoms with Crippen molar-refractivity contribution in [1.82, 2.24) is 10.3 Å². The van der Waals surface area contributed by atoms with Gasteiger partial charge in [0.1, 0.15) is 11.4 Å². The Morgan fingerprint density at radius 3 is 2.63 bits per heavy atom. The number of rotatable bonds is 6. The van der Waals surface area contributed by atoms with Gasteiger partial charge in [0.05, 0.1) is 15.1 Å². The Hall–Kier alpha value is -2.39. The smallest absolute Gasteiger partial charge is 0.326 e. The number of anilines is 1. The maximum atomic E-state index is 12.4. The number of halogens is 3. The summed E-state index contributed by atoms with van der Waals surface area (Å²) in [5.41, 5.74) is 0. The molecule has 0 bridgehead atoms. The van der Waals surface area contributed by atoms with Gasteiger partial charge in [0.2, 0.25) is 0 Å². The van der Waals surface area contributed by atoms with Crippen LogP contribution in [0.25, 0.3) is 10.1 Å². The third kappa shape index (κ3) is 5.20. The van der Waals surface area contributed by atoms with E-state index in [1.807, 2.05) is 18.2 Å².